The van der Waals surface area contributed by atoms with Crippen LogP contribution in [0.2, 0.25) is 0 Å². The minimum Gasteiger partial charge on any atom is -0.357 e. The molecular formula is C9H13Cl2N3. The van der Waals surface area contributed by atoms with Gasteiger partial charge in [0.1, 0.15) is 0 Å². The van der Waals surface area contributed by atoms with Crippen molar-refractivity contribution in [1.29, 1.82) is 0 Å². The molecule has 2 N–H and O–H groups in total. The fourth-order valence-corrected chi connectivity index (χ4v) is 1.30. The van der Waals surface area contributed by atoms with Crippen LogP contribution in [0.15, 0.2) is 24.5 Å². The summed E-state index contributed by atoms with van der Waals surface area (Å²) >= 11 is 0. The largest absolute Gasteiger partial charge is 0.357 e. The number of nitrogens with two attached hydrogens (primary N) is 1. The SMILES string of the molecule is Cl.Cl.Cn1ccc2nc(CN)cc-2c1. The molecule has 14 heavy (non-hydrogen) atoms. The van der Waals surface area contributed by atoms with E-state index in [1.54, 1.807) is 0 Å². The lowest BCUT2D eigenvalue weighted by Crippen LogP contribution is -1.94. The van der Waals surface area contributed by atoms with Crippen LogP contribution in [0.5, 0.6) is 0 Å². The number of rotatable bonds is 1. The van der Waals surface area contributed by atoms with Gasteiger partial charge in [-0.2, -0.15) is 0 Å². The van der Waals surface area contributed by atoms with Gasteiger partial charge in [0.15, 0.2) is 0 Å². The fourth-order valence-electron chi connectivity index (χ4n) is 1.30. The summed E-state index contributed by atoms with van der Waals surface area (Å²) in [6.07, 6.45) is 4.02. The van der Waals surface area contributed by atoms with E-state index in [0.717, 1.165) is 17.0 Å². The maximum Gasteiger partial charge on any atom is 0.0735 e. The second-order valence-corrected chi connectivity index (χ2v) is 2.90. The van der Waals surface area contributed by atoms with Gasteiger partial charge in [-0.15, -0.1) is 24.8 Å². The predicted octanol–water partition coefficient (Wildman–Crippen LogP) is 1.83. The standard InChI is InChI=1S/C9H11N3.2ClH/c1-12-3-2-9-7(6-12)4-8(5-10)11-9;;/h2-4,6H,5,10H2,1H3;2*1H. The first-order chi connectivity index (χ1) is 5.79. The Balaban J connectivity index is 0.000000845. The Kier molecular flexibility index (Phi) is 4.91. The van der Waals surface area contributed by atoms with Crippen LogP contribution in [-0.4, -0.2) is 9.55 Å². The molecule has 0 atom stereocenters. The maximum absolute atomic E-state index is 5.48. The Morgan fingerprint density at radius 2 is 2.14 bits per heavy atom. The summed E-state index contributed by atoms with van der Waals surface area (Å²) in [6.45, 7) is 0.512. The maximum atomic E-state index is 5.48. The average molecular weight is 234 g/mol. The number of halogens is 2. The van der Waals surface area contributed by atoms with Gasteiger partial charge in [0.25, 0.3) is 0 Å². The molecule has 5 heteroatoms. The summed E-state index contributed by atoms with van der Waals surface area (Å²) in [5.74, 6) is 0. The topological polar surface area (TPSA) is 43.8 Å². The molecule has 0 bridgehead atoms. The Morgan fingerprint density at radius 1 is 1.43 bits per heavy atom. The first-order valence-corrected chi connectivity index (χ1v) is 3.91. The molecule has 2 aliphatic heterocycles. The molecule has 0 amide bonds. The van der Waals surface area contributed by atoms with Crippen molar-refractivity contribution >= 4 is 24.8 Å². The number of pyridine rings is 1. The first kappa shape index (κ1) is 13.2. The van der Waals surface area contributed by atoms with Gasteiger partial charge in [0, 0.05) is 31.5 Å². The molecule has 0 aromatic rings. The summed E-state index contributed by atoms with van der Waals surface area (Å²) < 4.78 is 2.00. The van der Waals surface area contributed by atoms with Gasteiger partial charge in [0.2, 0.25) is 0 Å². The van der Waals surface area contributed by atoms with E-state index in [-0.39, 0.29) is 24.8 Å². The Bertz CT molecular complexity index is 373. The van der Waals surface area contributed by atoms with Crippen LogP contribution in [0.1, 0.15) is 5.69 Å². The van der Waals surface area contributed by atoms with Crippen molar-refractivity contribution in [2.75, 3.05) is 0 Å². The van der Waals surface area contributed by atoms with E-state index in [1.165, 1.54) is 0 Å². The summed E-state index contributed by atoms with van der Waals surface area (Å²) in [4.78, 5) is 4.33. The molecule has 78 valence electrons. The highest BCUT2D eigenvalue weighted by atomic mass is 35.5. The van der Waals surface area contributed by atoms with E-state index in [1.807, 2.05) is 36.1 Å². The predicted molar refractivity (Wildman–Crippen MR) is 62.2 cm³/mol. The summed E-state index contributed by atoms with van der Waals surface area (Å²) in [5, 5.41) is 0. The number of aryl methyl sites for hydroxylation is 1. The molecule has 0 unspecified atom stereocenters. The zero-order chi connectivity index (χ0) is 8.55. The van der Waals surface area contributed by atoms with Crippen molar-refractivity contribution in [2.45, 2.75) is 6.54 Å². The van der Waals surface area contributed by atoms with Crippen molar-refractivity contribution in [3.63, 3.8) is 0 Å². The minimum absolute atomic E-state index is 0. The lowest BCUT2D eigenvalue weighted by atomic mass is 10.2. The van der Waals surface area contributed by atoms with Crippen LogP contribution in [-0.2, 0) is 13.6 Å². The van der Waals surface area contributed by atoms with Crippen molar-refractivity contribution in [3.05, 3.63) is 30.2 Å². The van der Waals surface area contributed by atoms with Crippen LogP contribution < -0.4 is 5.73 Å². The van der Waals surface area contributed by atoms with Crippen molar-refractivity contribution in [1.82, 2.24) is 9.55 Å². The molecule has 2 heterocycles. The van der Waals surface area contributed by atoms with Crippen LogP contribution >= 0.6 is 24.8 Å². The van der Waals surface area contributed by atoms with Gasteiger partial charge in [-0.05, 0) is 12.1 Å². The van der Waals surface area contributed by atoms with Crippen molar-refractivity contribution in [3.8, 4) is 11.3 Å². The van der Waals surface area contributed by atoms with Gasteiger partial charge in [-0.3, -0.25) is 4.98 Å². The number of fused-ring (bicyclic) bond motifs is 1. The quantitative estimate of drug-likeness (QED) is 0.817. The van der Waals surface area contributed by atoms with Gasteiger partial charge >= 0.3 is 0 Å². The van der Waals surface area contributed by atoms with Crippen molar-refractivity contribution in [2.24, 2.45) is 12.8 Å². The molecule has 0 spiro atoms. The number of aromatic nitrogens is 2. The zero-order valence-electron chi connectivity index (χ0n) is 7.80. The fraction of sp³-hybridized carbons (Fsp3) is 0.222. The smallest absolute Gasteiger partial charge is 0.0735 e. The lowest BCUT2D eigenvalue weighted by molar-refractivity contribution is 0.904. The first-order valence-electron chi connectivity index (χ1n) is 3.91. The third-order valence-corrected chi connectivity index (χ3v) is 1.90. The van der Waals surface area contributed by atoms with Gasteiger partial charge < -0.3 is 10.3 Å². The van der Waals surface area contributed by atoms with E-state index in [0.29, 0.717) is 6.54 Å². The van der Waals surface area contributed by atoms with Gasteiger partial charge in [-0.1, -0.05) is 0 Å². The summed E-state index contributed by atoms with van der Waals surface area (Å²) in [7, 11) is 1.99. The molecule has 0 fully saturated rings. The highest BCUT2D eigenvalue weighted by molar-refractivity contribution is 5.85. The van der Waals surface area contributed by atoms with E-state index in [9.17, 15) is 0 Å². The molecule has 0 aromatic carbocycles. The summed E-state index contributed by atoms with van der Waals surface area (Å²) in [5.41, 5.74) is 8.61. The van der Waals surface area contributed by atoms with E-state index in [2.05, 4.69) is 4.98 Å². The van der Waals surface area contributed by atoms with Crippen molar-refractivity contribution < 1.29 is 0 Å². The van der Waals surface area contributed by atoms with E-state index >= 15 is 0 Å². The third kappa shape index (κ3) is 2.38. The second kappa shape index (κ2) is 5.20. The molecule has 2 aliphatic rings. The molecule has 2 rings (SSSR count). The molecule has 3 nitrogen and oxygen atoms in total. The third-order valence-electron chi connectivity index (χ3n) is 1.90. The summed E-state index contributed by atoms with van der Waals surface area (Å²) in [6, 6.07) is 4.02. The monoisotopic (exact) mass is 233 g/mol. The molecule has 0 saturated carbocycles. The average Bonchev–Trinajstić information content (AvgIpc) is 2.46. The number of hydrogen-bond acceptors (Lipinski definition) is 2. The van der Waals surface area contributed by atoms with Crippen LogP contribution in [0.3, 0.4) is 0 Å². The Labute approximate surface area is 95.5 Å². The number of nitrogens with zero attached hydrogens (tertiary/aromatic N) is 2. The Hall–Kier alpha value is -0.770. The van der Waals surface area contributed by atoms with Gasteiger partial charge in [0.05, 0.1) is 11.4 Å². The molecule has 0 aromatic heterocycles. The van der Waals surface area contributed by atoms with Crippen LogP contribution in [0, 0.1) is 0 Å². The molecular weight excluding hydrogens is 221 g/mol. The second-order valence-electron chi connectivity index (χ2n) is 2.90. The minimum atomic E-state index is 0. The molecule has 0 aliphatic carbocycles. The lowest BCUT2D eigenvalue weighted by Gasteiger charge is -1.99. The number of hydrogen-bond donors (Lipinski definition) is 1. The van der Waals surface area contributed by atoms with Crippen LogP contribution in [0.25, 0.3) is 11.3 Å². The van der Waals surface area contributed by atoms with Crippen LogP contribution in [0.4, 0.5) is 0 Å². The van der Waals surface area contributed by atoms with Gasteiger partial charge in [-0.25, -0.2) is 0 Å². The molecule has 0 saturated heterocycles. The zero-order valence-corrected chi connectivity index (χ0v) is 9.44. The highest BCUT2D eigenvalue weighted by Gasteiger charge is 2.06. The molecule has 0 radical (unpaired) electrons. The van der Waals surface area contributed by atoms with E-state index in [4.69, 9.17) is 5.73 Å². The highest BCUT2D eigenvalue weighted by Crippen LogP contribution is 2.20. The normalized spacial score (nSPS) is 9.29. The Morgan fingerprint density at radius 3 is 2.79 bits per heavy atom. The van der Waals surface area contributed by atoms with E-state index < -0.39 is 0 Å².